The molecule has 0 amide bonds. The van der Waals surface area contributed by atoms with Crippen LogP contribution in [0.2, 0.25) is 0 Å². The highest BCUT2D eigenvalue weighted by Crippen LogP contribution is 2.05. The predicted molar refractivity (Wildman–Crippen MR) is 76.6 cm³/mol. The van der Waals surface area contributed by atoms with Crippen LogP contribution in [0.25, 0.3) is 0 Å². The molecule has 0 aromatic rings. The van der Waals surface area contributed by atoms with Crippen LogP contribution in [0.1, 0.15) is 12.8 Å². The van der Waals surface area contributed by atoms with Crippen molar-refractivity contribution in [3.05, 3.63) is 0 Å². The van der Waals surface area contributed by atoms with E-state index in [1.165, 1.54) is 0 Å². The lowest BCUT2D eigenvalue weighted by Crippen LogP contribution is -2.08. The number of unbranched alkanes of at least 4 members (excludes halogenated alkanes) is 1. The fourth-order valence-corrected chi connectivity index (χ4v) is 2.62. The molecule has 18 heavy (non-hydrogen) atoms. The SMILES string of the molecule is O=S(=O)([O-])CCCCSCCOCCOCCS. The topological polar surface area (TPSA) is 75.7 Å². The van der Waals surface area contributed by atoms with Crippen molar-refractivity contribution in [1.82, 2.24) is 0 Å². The third kappa shape index (κ3) is 16.5. The summed E-state index contributed by atoms with van der Waals surface area (Å²) in [6.07, 6.45) is 1.19. The number of hydrogen-bond acceptors (Lipinski definition) is 7. The lowest BCUT2D eigenvalue weighted by molar-refractivity contribution is 0.0606. The maximum Gasteiger partial charge on any atom is 0.0945 e. The molecule has 0 saturated heterocycles. The van der Waals surface area contributed by atoms with Crippen molar-refractivity contribution in [2.75, 3.05) is 49.4 Å². The molecule has 110 valence electrons. The Labute approximate surface area is 119 Å². The highest BCUT2D eigenvalue weighted by Gasteiger charge is 1.96. The van der Waals surface area contributed by atoms with E-state index in [1.54, 1.807) is 11.8 Å². The fourth-order valence-electron chi connectivity index (χ4n) is 1.09. The Hall–Kier alpha value is 0.530. The van der Waals surface area contributed by atoms with Gasteiger partial charge in [0.05, 0.1) is 36.5 Å². The average Bonchev–Trinajstić information content (AvgIpc) is 2.29. The molecule has 8 heteroatoms. The third-order valence-electron chi connectivity index (χ3n) is 1.91. The molecule has 0 aromatic carbocycles. The van der Waals surface area contributed by atoms with Gasteiger partial charge in [0, 0.05) is 17.3 Å². The maximum absolute atomic E-state index is 10.3. The molecule has 0 aromatic heterocycles. The van der Waals surface area contributed by atoms with Gasteiger partial charge in [-0.15, -0.1) is 0 Å². The van der Waals surface area contributed by atoms with Gasteiger partial charge in [0.1, 0.15) is 0 Å². The minimum atomic E-state index is -4.04. The number of thioether (sulfide) groups is 1. The van der Waals surface area contributed by atoms with Crippen LogP contribution in [-0.4, -0.2) is 62.4 Å². The highest BCUT2D eigenvalue weighted by molar-refractivity contribution is 7.99. The van der Waals surface area contributed by atoms with Crippen molar-refractivity contribution >= 4 is 34.5 Å². The van der Waals surface area contributed by atoms with Crippen molar-refractivity contribution in [1.29, 1.82) is 0 Å². The van der Waals surface area contributed by atoms with Gasteiger partial charge in [-0.1, -0.05) is 0 Å². The molecule has 0 N–H and O–H groups in total. The van der Waals surface area contributed by atoms with E-state index < -0.39 is 10.1 Å². The largest absolute Gasteiger partial charge is 0.748 e. The van der Waals surface area contributed by atoms with Crippen molar-refractivity contribution in [2.45, 2.75) is 12.8 Å². The normalized spacial score (nSPS) is 11.9. The van der Waals surface area contributed by atoms with E-state index in [2.05, 4.69) is 12.6 Å². The lowest BCUT2D eigenvalue weighted by Gasteiger charge is -2.06. The van der Waals surface area contributed by atoms with E-state index in [0.717, 1.165) is 23.7 Å². The fraction of sp³-hybridized carbons (Fsp3) is 1.00. The molecule has 5 nitrogen and oxygen atoms in total. The van der Waals surface area contributed by atoms with Crippen molar-refractivity contribution < 1.29 is 22.4 Å². The van der Waals surface area contributed by atoms with E-state index >= 15 is 0 Å². The predicted octanol–water partition coefficient (Wildman–Crippen LogP) is 1.01. The minimum Gasteiger partial charge on any atom is -0.748 e. The van der Waals surface area contributed by atoms with Crippen molar-refractivity contribution in [3.63, 3.8) is 0 Å². The van der Waals surface area contributed by atoms with Crippen molar-refractivity contribution in [3.8, 4) is 0 Å². The highest BCUT2D eigenvalue weighted by atomic mass is 32.2. The molecule has 0 aliphatic carbocycles. The summed E-state index contributed by atoms with van der Waals surface area (Å²) in [4.78, 5) is 0. The second-order valence-corrected chi connectivity index (χ2v) is 6.73. The first-order chi connectivity index (χ1) is 8.56. The van der Waals surface area contributed by atoms with Crippen molar-refractivity contribution in [2.24, 2.45) is 0 Å². The summed E-state index contributed by atoms with van der Waals surface area (Å²) < 4.78 is 41.4. The lowest BCUT2D eigenvalue weighted by atomic mass is 10.4. The summed E-state index contributed by atoms with van der Waals surface area (Å²) in [6.45, 7) is 2.48. The summed E-state index contributed by atoms with van der Waals surface area (Å²) in [5.74, 6) is 2.19. The van der Waals surface area contributed by atoms with Crippen LogP contribution in [0.3, 0.4) is 0 Å². The van der Waals surface area contributed by atoms with Gasteiger partial charge in [0.15, 0.2) is 0 Å². The Morgan fingerprint density at radius 2 is 1.67 bits per heavy atom. The standard InChI is InChI=1S/C10H22O5S3/c11-18(12,13)10-2-1-8-17-9-6-15-4-3-14-5-7-16/h16H,1-10H2,(H,11,12,13)/p-1. The van der Waals surface area contributed by atoms with Crippen LogP contribution in [0.15, 0.2) is 0 Å². The minimum absolute atomic E-state index is 0.257. The average molecular weight is 317 g/mol. The van der Waals surface area contributed by atoms with Gasteiger partial charge in [0.25, 0.3) is 0 Å². The number of ether oxygens (including phenoxy) is 2. The Morgan fingerprint density at radius 1 is 1.00 bits per heavy atom. The molecule has 0 spiro atoms. The van der Waals surface area contributed by atoms with Crippen LogP contribution < -0.4 is 0 Å². The monoisotopic (exact) mass is 317 g/mol. The molecule has 0 aliphatic heterocycles. The summed E-state index contributed by atoms with van der Waals surface area (Å²) in [5, 5.41) is 0. The molecule has 0 atom stereocenters. The van der Waals surface area contributed by atoms with Gasteiger partial charge in [0.2, 0.25) is 0 Å². The Balaban J connectivity index is 3.03. The summed E-state index contributed by atoms with van der Waals surface area (Å²) in [7, 11) is -4.04. The van der Waals surface area contributed by atoms with Crippen LogP contribution >= 0.6 is 24.4 Å². The van der Waals surface area contributed by atoms with Gasteiger partial charge < -0.3 is 14.0 Å². The zero-order chi connectivity index (χ0) is 13.7. The van der Waals surface area contributed by atoms with Gasteiger partial charge in [-0.25, -0.2) is 8.42 Å². The Morgan fingerprint density at radius 3 is 2.28 bits per heavy atom. The van der Waals surface area contributed by atoms with E-state index in [9.17, 15) is 13.0 Å². The third-order valence-corrected chi connectivity index (χ3v) is 3.92. The smallest absolute Gasteiger partial charge is 0.0945 e. The van der Waals surface area contributed by atoms with Crippen LogP contribution in [0.4, 0.5) is 0 Å². The molecule has 0 rings (SSSR count). The molecular weight excluding hydrogens is 296 g/mol. The molecule has 0 aliphatic rings. The van der Waals surface area contributed by atoms with Gasteiger partial charge in [-0.05, 0) is 18.6 Å². The quantitative estimate of drug-likeness (QED) is 0.310. The first-order valence-electron chi connectivity index (χ1n) is 5.84. The zero-order valence-electron chi connectivity index (χ0n) is 10.4. The maximum atomic E-state index is 10.3. The number of rotatable bonds is 13. The first kappa shape index (κ1) is 18.5. The summed E-state index contributed by atoms with van der Waals surface area (Å²) in [5.41, 5.74) is 0. The Bertz CT molecular complexity index is 269. The van der Waals surface area contributed by atoms with Gasteiger partial charge >= 0.3 is 0 Å². The molecule has 0 bridgehead atoms. The molecule has 0 saturated carbocycles. The number of hydrogen-bond donors (Lipinski definition) is 1. The first-order valence-corrected chi connectivity index (χ1v) is 9.20. The molecule has 0 unspecified atom stereocenters. The van der Waals surface area contributed by atoms with Gasteiger partial charge in [-0.2, -0.15) is 24.4 Å². The Kier molecular flexibility index (Phi) is 12.9. The van der Waals surface area contributed by atoms with Gasteiger partial charge in [-0.3, -0.25) is 0 Å². The van der Waals surface area contributed by atoms with Crippen LogP contribution in [-0.2, 0) is 19.6 Å². The molecule has 0 radical (unpaired) electrons. The van der Waals surface area contributed by atoms with E-state index in [0.29, 0.717) is 32.8 Å². The number of thiol groups is 1. The summed E-state index contributed by atoms with van der Waals surface area (Å²) >= 11 is 5.71. The van der Waals surface area contributed by atoms with E-state index in [-0.39, 0.29) is 5.75 Å². The summed E-state index contributed by atoms with van der Waals surface area (Å²) in [6, 6.07) is 0. The van der Waals surface area contributed by atoms with E-state index in [4.69, 9.17) is 9.47 Å². The zero-order valence-corrected chi connectivity index (χ0v) is 12.9. The second kappa shape index (κ2) is 12.6. The van der Waals surface area contributed by atoms with Crippen LogP contribution in [0, 0.1) is 0 Å². The molecule has 0 heterocycles. The second-order valence-electron chi connectivity index (χ2n) is 3.53. The van der Waals surface area contributed by atoms with Crippen LogP contribution in [0.5, 0.6) is 0 Å². The molecular formula is C10H21O5S3-. The molecule has 0 fully saturated rings. The van der Waals surface area contributed by atoms with E-state index in [1.807, 2.05) is 0 Å².